The van der Waals surface area contributed by atoms with Gasteiger partial charge in [-0.1, -0.05) is 41.9 Å². The van der Waals surface area contributed by atoms with Gasteiger partial charge in [0.05, 0.1) is 13.2 Å². The first kappa shape index (κ1) is 25.8. The highest BCUT2D eigenvalue weighted by atomic mass is 35.5. The first-order chi connectivity index (χ1) is 16.7. The number of ether oxygens (including phenoxy) is 2. The van der Waals surface area contributed by atoms with Crippen molar-refractivity contribution in [2.75, 3.05) is 18.9 Å². The summed E-state index contributed by atoms with van der Waals surface area (Å²) in [4.78, 5) is 49.9. The van der Waals surface area contributed by atoms with Gasteiger partial charge in [0, 0.05) is 18.5 Å². The quantitative estimate of drug-likeness (QED) is 0.258. The van der Waals surface area contributed by atoms with E-state index < -0.39 is 35.2 Å². The highest BCUT2D eigenvalue weighted by molar-refractivity contribution is 6.31. The number of anilines is 1. The third-order valence-electron chi connectivity index (χ3n) is 5.33. The molecule has 0 bridgehead atoms. The van der Waals surface area contributed by atoms with Crippen LogP contribution in [0.2, 0.25) is 5.02 Å². The first-order valence-electron chi connectivity index (χ1n) is 10.9. The molecule has 2 N–H and O–H groups in total. The summed E-state index contributed by atoms with van der Waals surface area (Å²) in [6.45, 7) is 1.53. The maximum atomic E-state index is 12.7. The molecule has 3 aromatic rings. The number of benzene rings is 2. The minimum Gasteiger partial charge on any atom is -0.494 e. The molecule has 2 aromatic carbocycles. The maximum absolute atomic E-state index is 12.7. The summed E-state index contributed by atoms with van der Waals surface area (Å²) < 4.78 is 12.6. The second-order valence-electron chi connectivity index (χ2n) is 7.93. The van der Waals surface area contributed by atoms with Gasteiger partial charge in [-0.3, -0.25) is 23.5 Å². The second-order valence-corrected chi connectivity index (χ2v) is 8.33. The molecule has 0 saturated heterocycles. The number of halogens is 1. The van der Waals surface area contributed by atoms with Gasteiger partial charge in [0.1, 0.15) is 17.1 Å². The molecule has 0 aliphatic rings. The Morgan fingerprint density at radius 3 is 2.49 bits per heavy atom. The number of carbonyl (C=O) groups excluding carboxylic acids is 2. The van der Waals surface area contributed by atoms with Gasteiger partial charge in [0.15, 0.2) is 6.61 Å². The van der Waals surface area contributed by atoms with Crippen LogP contribution in [0.3, 0.4) is 0 Å². The lowest BCUT2D eigenvalue weighted by Crippen LogP contribution is -2.43. The Bertz CT molecular complexity index is 1350. The van der Waals surface area contributed by atoms with Crippen molar-refractivity contribution in [2.24, 2.45) is 7.05 Å². The van der Waals surface area contributed by atoms with Crippen LogP contribution in [0, 0.1) is 6.92 Å². The Balaban J connectivity index is 1.59. The number of aryl methyl sites for hydroxylation is 1. The molecule has 184 valence electrons. The van der Waals surface area contributed by atoms with Gasteiger partial charge >= 0.3 is 11.7 Å². The molecule has 35 heavy (non-hydrogen) atoms. The average molecular weight is 500 g/mol. The van der Waals surface area contributed by atoms with E-state index in [0.29, 0.717) is 17.2 Å². The first-order valence-corrected chi connectivity index (χ1v) is 11.3. The van der Waals surface area contributed by atoms with Gasteiger partial charge < -0.3 is 15.2 Å². The number of nitrogen functional groups attached to an aromatic ring is 1. The Labute approximate surface area is 206 Å². The highest BCUT2D eigenvalue weighted by Crippen LogP contribution is 2.21. The van der Waals surface area contributed by atoms with Gasteiger partial charge in [-0.25, -0.2) is 4.79 Å². The monoisotopic (exact) mass is 499 g/mol. The van der Waals surface area contributed by atoms with Crippen LogP contribution in [-0.4, -0.2) is 34.1 Å². The summed E-state index contributed by atoms with van der Waals surface area (Å²) in [5.74, 6) is -1.05. The predicted octanol–water partition coefficient (Wildman–Crippen LogP) is 2.72. The zero-order chi connectivity index (χ0) is 25.5. The fourth-order valence-corrected chi connectivity index (χ4v) is 3.49. The number of aromatic nitrogens is 2. The van der Waals surface area contributed by atoms with Gasteiger partial charge in [-0.2, -0.15) is 0 Å². The molecular formula is C25H26ClN3O6. The zero-order valence-electron chi connectivity index (χ0n) is 19.5. The SMILES string of the molecule is Cc1cc(OCCCC(=O)OCC(=O)c2c(N)n(Cc3ccccc3)c(=O)n(C)c2=O)ccc1Cl. The van der Waals surface area contributed by atoms with Crippen molar-refractivity contribution in [3.63, 3.8) is 0 Å². The maximum Gasteiger partial charge on any atom is 0.332 e. The van der Waals surface area contributed by atoms with E-state index in [4.69, 9.17) is 26.8 Å². The number of Topliss-reactive ketones (excluding diaryl/α,β-unsaturated/α-hetero) is 1. The summed E-state index contributed by atoms with van der Waals surface area (Å²) in [7, 11) is 1.26. The Kier molecular flexibility index (Phi) is 8.48. The molecule has 0 atom stereocenters. The number of hydrogen-bond acceptors (Lipinski definition) is 7. The van der Waals surface area contributed by atoms with Gasteiger partial charge in [-0.15, -0.1) is 0 Å². The summed E-state index contributed by atoms with van der Waals surface area (Å²) in [6.07, 6.45) is 0.376. The summed E-state index contributed by atoms with van der Waals surface area (Å²) in [6, 6.07) is 14.2. The third kappa shape index (κ3) is 6.39. The largest absolute Gasteiger partial charge is 0.494 e. The van der Waals surface area contributed by atoms with Crippen LogP contribution in [0.25, 0.3) is 0 Å². The van der Waals surface area contributed by atoms with Crippen LogP contribution in [-0.2, 0) is 23.1 Å². The molecule has 3 rings (SSSR count). The zero-order valence-corrected chi connectivity index (χ0v) is 20.2. The van der Waals surface area contributed by atoms with Gasteiger partial charge in [-0.05, 0) is 42.7 Å². The lowest BCUT2D eigenvalue weighted by atomic mass is 10.2. The molecule has 9 nitrogen and oxygen atoms in total. The van der Waals surface area contributed by atoms with Crippen LogP contribution in [0.15, 0.2) is 58.1 Å². The van der Waals surface area contributed by atoms with Crippen LogP contribution in [0.1, 0.15) is 34.3 Å². The number of rotatable bonds is 10. The number of nitrogens with zero attached hydrogens (tertiary/aromatic N) is 2. The van der Waals surface area contributed by atoms with E-state index in [1.165, 1.54) is 7.05 Å². The average Bonchev–Trinajstić information content (AvgIpc) is 2.85. The molecule has 10 heteroatoms. The molecule has 0 fully saturated rings. The molecule has 0 amide bonds. The Morgan fingerprint density at radius 2 is 1.80 bits per heavy atom. The minimum absolute atomic E-state index is 0.0147. The van der Waals surface area contributed by atoms with Crippen molar-refractivity contribution in [2.45, 2.75) is 26.3 Å². The summed E-state index contributed by atoms with van der Waals surface area (Å²) in [5, 5.41) is 0.636. The molecule has 0 spiro atoms. The molecule has 0 aliphatic carbocycles. The highest BCUT2D eigenvalue weighted by Gasteiger charge is 2.22. The number of ketones is 1. The normalized spacial score (nSPS) is 10.7. The Morgan fingerprint density at radius 1 is 1.09 bits per heavy atom. The van der Waals surface area contributed by atoms with Crippen LogP contribution in [0.4, 0.5) is 5.82 Å². The third-order valence-corrected chi connectivity index (χ3v) is 5.76. The molecule has 1 aromatic heterocycles. The van der Waals surface area contributed by atoms with Gasteiger partial charge in [0.25, 0.3) is 5.56 Å². The van der Waals surface area contributed by atoms with Crippen LogP contribution < -0.4 is 21.7 Å². The van der Waals surface area contributed by atoms with E-state index in [0.717, 1.165) is 20.3 Å². The van der Waals surface area contributed by atoms with Crippen molar-refractivity contribution < 1.29 is 19.1 Å². The summed E-state index contributed by atoms with van der Waals surface area (Å²) >= 11 is 5.98. The number of esters is 1. The summed E-state index contributed by atoms with van der Waals surface area (Å²) in [5.41, 5.74) is 5.80. The van der Waals surface area contributed by atoms with Crippen LogP contribution in [0.5, 0.6) is 5.75 Å². The van der Waals surface area contributed by atoms with E-state index >= 15 is 0 Å². The van der Waals surface area contributed by atoms with Crippen molar-refractivity contribution in [3.05, 3.63) is 91.1 Å². The molecule has 0 radical (unpaired) electrons. The fraction of sp³-hybridized carbons (Fsp3) is 0.280. The van der Waals surface area contributed by atoms with E-state index in [2.05, 4.69) is 0 Å². The topological polar surface area (TPSA) is 123 Å². The second kappa shape index (κ2) is 11.5. The van der Waals surface area contributed by atoms with E-state index in [9.17, 15) is 19.2 Å². The lowest BCUT2D eigenvalue weighted by Gasteiger charge is -2.14. The molecule has 1 heterocycles. The predicted molar refractivity (Wildman–Crippen MR) is 132 cm³/mol. The lowest BCUT2D eigenvalue weighted by molar-refractivity contribution is -0.142. The van der Waals surface area contributed by atoms with Crippen LogP contribution >= 0.6 is 11.6 Å². The van der Waals surface area contributed by atoms with E-state index in [-0.39, 0.29) is 25.4 Å². The number of carbonyl (C=O) groups is 2. The standard InChI is InChI=1S/C25H26ClN3O6/c1-16-13-18(10-11-19(16)26)34-12-6-9-21(31)35-15-20(30)22-23(27)29(25(33)28(2)24(22)32)14-17-7-4-3-5-8-17/h3-5,7-8,10-11,13H,6,9,12,14-15,27H2,1-2H3. The molecule has 0 aliphatic heterocycles. The fourth-order valence-electron chi connectivity index (χ4n) is 3.37. The molecule has 0 unspecified atom stereocenters. The smallest absolute Gasteiger partial charge is 0.332 e. The van der Waals surface area contributed by atoms with E-state index in [1.807, 2.05) is 13.0 Å². The minimum atomic E-state index is -0.843. The van der Waals surface area contributed by atoms with Crippen molar-refractivity contribution in [3.8, 4) is 5.75 Å². The van der Waals surface area contributed by atoms with Crippen molar-refractivity contribution in [1.29, 1.82) is 0 Å². The molecule has 0 saturated carbocycles. The number of hydrogen-bond donors (Lipinski definition) is 1. The Hall–Kier alpha value is -3.85. The molecular weight excluding hydrogens is 474 g/mol. The number of nitrogens with two attached hydrogens (primary N) is 1. The van der Waals surface area contributed by atoms with Crippen molar-refractivity contribution >= 4 is 29.2 Å². The van der Waals surface area contributed by atoms with Gasteiger partial charge in [0.2, 0.25) is 5.78 Å². The van der Waals surface area contributed by atoms with Crippen molar-refractivity contribution in [1.82, 2.24) is 9.13 Å². The van der Waals surface area contributed by atoms with E-state index in [1.54, 1.807) is 42.5 Å².